The van der Waals surface area contributed by atoms with Gasteiger partial charge in [0.1, 0.15) is 6.17 Å². The van der Waals surface area contributed by atoms with Gasteiger partial charge in [-0.05, 0) is 76.2 Å². The minimum absolute atomic E-state index is 0.0928. The maximum atomic E-state index is 10.6. The van der Waals surface area contributed by atoms with E-state index in [4.69, 9.17) is 10.1 Å². The summed E-state index contributed by atoms with van der Waals surface area (Å²) in [6.07, 6.45) is 10.7. The highest BCUT2D eigenvalue weighted by molar-refractivity contribution is 5.96. The van der Waals surface area contributed by atoms with Gasteiger partial charge in [0.2, 0.25) is 0 Å². The summed E-state index contributed by atoms with van der Waals surface area (Å²) in [6.45, 7) is 8.18. The normalized spacial score (nSPS) is 25.7. The summed E-state index contributed by atoms with van der Waals surface area (Å²) in [5.41, 5.74) is 5.46. The lowest BCUT2D eigenvalue weighted by Gasteiger charge is -2.31. The maximum absolute atomic E-state index is 10.6. The molecule has 0 saturated carbocycles. The lowest BCUT2D eigenvalue weighted by molar-refractivity contribution is 0.0135. The van der Waals surface area contributed by atoms with Crippen molar-refractivity contribution in [3.05, 3.63) is 53.2 Å². The number of benzene rings is 1. The van der Waals surface area contributed by atoms with Crippen LogP contribution in [-0.2, 0) is 6.42 Å². The second-order valence-electron chi connectivity index (χ2n) is 8.89. The average molecular weight is 407 g/mol. The van der Waals surface area contributed by atoms with Gasteiger partial charge >= 0.3 is 0 Å². The molecule has 160 valence electrons. The number of allylic oxidation sites excluding steroid dienone is 2. The van der Waals surface area contributed by atoms with Gasteiger partial charge in [-0.2, -0.15) is 5.10 Å². The van der Waals surface area contributed by atoms with E-state index in [2.05, 4.69) is 73.6 Å². The van der Waals surface area contributed by atoms with Gasteiger partial charge in [0.25, 0.3) is 0 Å². The van der Waals surface area contributed by atoms with Gasteiger partial charge in [0, 0.05) is 23.0 Å². The van der Waals surface area contributed by atoms with Gasteiger partial charge in [-0.25, -0.2) is 5.01 Å². The Balaban J connectivity index is 1.40. The number of hydrazone groups is 1. The number of aliphatic hydroxyl groups is 1. The van der Waals surface area contributed by atoms with Gasteiger partial charge in [-0.1, -0.05) is 43.3 Å². The van der Waals surface area contributed by atoms with Crippen LogP contribution in [0.4, 0.5) is 0 Å². The minimum atomic E-state index is -0.544. The number of fused-ring (bicyclic) bond motifs is 1. The third-order valence-corrected chi connectivity index (χ3v) is 6.53. The van der Waals surface area contributed by atoms with Crippen molar-refractivity contribution in [2.45, 2.75) is 64.6 Å². The number of hydrogen-bond donors (Lipinski definition) is 2. The van der Waals surface area contributed by atoms with Crippen LogP contribution in [0, 0.1) is 5.92 Å². The highest BCUT2D eigenvalue weighted by Gasteiger charge is 2.38. The van der Waals surface area contributed by atoms with Crippen molar-refractivity contribution in [1.82, 2.24) is 10.3 Å². The fourth-order valence-corrected chi connectivity index (χ4v) is 4.75. The summed E-state index contributed by atoms with van der Waals surface area (Å²) in [7, 11) is 0. The summed E-state index contributed by atoms with van der Waals surface area (Å²) in [6, 6.07) is 8.79. The average Bonchev–Trinajstić information content (AvgIpc) is 3.07. The number of rotatable bonds is 6. The lowest BCUT2D eigenvalue weighted by Crippen LogP contribution is -2.41. The molecular weight excluding hydrogens is 372 g/mol. The third kappa shape index (κ3) is 4.57. The first kappa shape index (κ1) is 21.0. The van der Waals surface area contributed by atoms with E-state index >= 15 is 0 Å². The molecule has 0 bridgehead atoms. The Bertz CT molecular complexity index is 875. The van der Waals surface area contributed by atoms with E-state index < -0.39 is 5.60 Å². The van der Waals surface area contributed by atoms with E-state index in [1.54, 1.807) is 0 Å². The second-order valence-corrected chi connectivity index (χ2v) is 8.89. The maximum Gasteiger partial charge on any atom is 0.150 e. The summed E-state index contributed by atoms with van der Waals surface area (Å²) >= 11 is 0. The van der Waals surface area contributed by atoms with E-state index in [1.165, 1.54) is 22.5 Å². The molecule has 0 amide bonds. The minimum Gasteiger partial charge on any atom is -0.389 e. The van der Waals surface area contributed by atoms with Crippen molar-refractivity contribution in [2.75, 3.05) is 13.1 Å². The number of aliphatic imine (C=N–C) groups is 1. The predicted octanol–water partition coefficient (Wildman–Crippen LogP) is 4.15. The van der Waals surface area contributed by atoms with Crippen molar-refractivity contribution in [2.24, 2.45) is 16.0 Å². The number of nitrogens with zero attached hydrogens (tertiary/aromatic N) is 3. The Hall–Kier alpha value is -2.24. The van der Waals surface area contributed by atoms with E-state index in [9.17, 15) is 5.11 Å². The van der Waals surface area contributed by atoms with Crippen LogP contribution < -0.4 is 5.32 Å². The first-order chi connectivity index (χ1) is 14.5. The molecule has 0 aromatic heterocycles. The standard InChI is InChI=1S/C25H34N4O/c1-4-23-22(24-27-18(2)16-19(3)29(24)28-23)17-21-9-7-20(8-10-21)6-5-11-25(30)12-14-26-15-13-25/h5-10,16,22,24,26,30H,4,11-15,17H2,1-3H3/b6-5+. The Morgan fingerprint density at radius 1 is 1.20 bits per heavy atom. The molecule has 1 aromatic rings. The van der Waals surface area contributed by atoms with E-state index in [1.807, 2.05) is 0 Å². The summed E-state index contributed by atoms with van der Waals surface area (Å²) in [4.78, 5) is 4.89. The number of hydrogen-bond acceptors (Lipinski definition) is 5. The van der Waals surface area contributed by atoms with Crippen molar-refractivity contribution in [3.8, 4) is 0 Å². The molecule has 0 spiro atoms. The molecule has 5 heteroatoms. The van der Waals surface area contributed by atoms with E-state index in [-0.39, 0.29) is 6.17 Å². The van der Waals surface area contributed by atoms with Crippen molar-refractivity contribution in [1.29, 1.82) is 0 Å². The molecule has 2 unspecified atom stereocenters. The van der Waals surface area contributed by atoms with Gasteiger partial charge < -0.3 is 10.4 Å². The van der Waals surface area contributed by atoms with Crippen LogP contribution in [0.5, 0.6) is 0 Å². The molecule has 0 aliphatic carbocycles. The molecule has 0 radical (unpaired) electrons. The van der Waals surface area contributed by atoms with Crippen LogP contribution in [0.3, 0.4) is 0 Å². The van der Waals surface area contributed by atoms with Gasteiger partial charge in [0.05, 0.1) is 5.60 Å². The summed E-state index contributed by atoms with van der Waals surface area (Å²) in [5.74, 6) is 0.323. The molecule has 3 aliphatic rings. The van der Waals surface area contributed by atoms with Crippen LogP contribution >= 0.6 is 0 Å². The molecule has 4 rings (SSSR count). The fraction of sp³-hybridized carbons (Fsp3) is 0.520. The van der Waals surface area contributed by atoms with Crippen molar-refractivity contribution >= 4 is 17.5 Å². The molecule has 1 aromatic carbocycles. The highest BCUT2D eigenvalue weighted by atomic mass is 16.3. The van der Waals surface area contributed by atoms with Gasteiger partial charge in [0.15, 0.2) is 0 Å². The summed E-state index contributed by atoms with van der Waals surface area (Å²) in [5, 5.41) is 20.9. The molecule has 1 saturated heterocycles. The summed E-state index contributed by atoms with van der Waals surface area (Å²) < 4.78 is 0. The Kier molecular flexibility index (Phi) is 6.21. The predicted molar refractivity (Wildman–Crippen MR) is 125 cm³/mol. The molecule has 3 heterocycles. The zero-order valence-corrected chi connectivity index (χ0v) is 18.4. The van der Waals surface area contributed by atoms with E-state index in [0.29, 0.717) is 5.92 Å². The van der Waals surface area contributed by atoms with Gasteiger partial charge in [-0.3, -0.25) is 4.99 Å². The molecule has 2 N–H and O–H groups in total. The lowest BCUT2D eigenvalue weighted by atomic mass is 9.88. The zero-order chi connectivity index (χ0) is 21.1. The van der Waals surface area contributed by atoms with Gasteiger partial charge in [-0.15, -0.1) is 0 Å². The van der Waals surface area contributed by atoms with Crippen LogP contribution in [0.25, 0.3) is 6.08 Å². The first-order valence-corrected chi connectivity index (χ1v) is 11.3. The van der Waals surface area contributed by atoms with Crippen LogP contribution in [0.1, 0.15) is 57.6 Å². The van der Waals surface area contributed by atoms with Crippen LogP contribution in [0.15, 0.2) is 52.2 Å². The monoisotopic (exact) mass is 406 g/mol. The van der Waals surface area contributed by atoms with Crippen LogP contribution in [-0.4, -0.2) is 46.4 Å². The topological polar surface area (TPSA) is 60.2 Å². The molecule has 30 heavy (non-hydrogen) atoms. The number of nitrogens with one attached hydrogen (secondary N) is 1. The fourth-order valence-electron chi connectivity index (χ4n) is 4.75. The SMILES string of the molecule is CCC1=NN2C(C)=CC(C)=NC2C1Cc1ccc(/C=C/CC2(O)CCNCC2)cc1. The molecule has 5 nitrogen and oxygen atoms in total. The molecule has 3 aliphatic heterocycles. The highest BCUT2D eigenvalue weighted by Crippen LogP contribution is 2.33. The Morgan fingerprint density at radius 2 is 1.93 bits per heavy atom. The second kappa shape index (κ2) is 8.86. The first-order valence-electron chi connectivity index (χ1n) is 11.3. The largest absolute Gasteiger partial charge is 0.389 e. The zero-order valence-electron chi connectivity index (χ0n) is 18.4. The van der Waals surface area contributed by atoms with Crippen molar-refractivity contribution < 1.29 is 5.11 Å². The quantitative estimate of drug-likeness (QED) is 0.746. The molecule has 2 atom stereocenters. The van der Waals surface area contributed by atoms with E-state index in [0.717, 1.165) is 50.9 Å². The third-order valence-electron chi connectivity index (χ3n) is 6.53. The number of piperidine rings is 1. The van der Waals surface area contributed by atoms with Crippen LogP contribution in [0.2, 0.25) is 0 Å². The van der Waals surface area contributed by atoms with Crippen molar-refractivity contribution in [3.63, 3.8) is 0 Å². The molecule has 1 fully saturated rings. The Morgan fingerprint density at radius 3 is 2.63 bits per heavy atom. The Labute approximate surface area is 180 Å². The molecular formula is C25H34N4O. The smallest absolute Gasteiger partial charge is 0.150 e.